The average molecular weight is 272 g/mol. The van der Waals surface area contributed by atoms with Gasteiger partial charge in [-0.1, -0.05) is 12.1 Å². The van der Waals surface area contributed by atoms with E-state index in [0.717, 1.165) is 10.7 Å². The summed E-state index contributed by atoms with van der Waals surface area (Å²) < 4.78 is 7.63. The highest BCUT2D eigenvalue weighted by Crippen LogP contribution is 2.16. The molecule has 0 bridgehead atoms. The van der Waals surface area contributed by atoms with E-state index < -0.39 is 0 Å². The number of nitrogens with one attached hydrogen (secondary N) is 1. The first-order valence-electron chi connectivity index (χ1n) is 5.71. The fourth-order valence-corrected chi connectivity index (χ4v) is 2.48. The largest absolute Gasteiger partial charge is 0.487 e. The van der Waals surface area contributed by atoms with Gasteiger partial charge in [0.25, 0.3) is 0 Å². The van der Waals surface area contributed by atoms with Gasteiger partial charge in [0, 0.05) is 23.3 Å². The van der Waals surface area contributed by atoms with Crippen molar-refractivity contribution in [2.45, 2.75) is 6.61 Å². The van der Waals surface area contributed by atoms with Gasteiger partial charge in [0.15, 0.2) is 4.96 Å². The maximum atomic E-state index is 7.39. The molecule has 3 rings (SSSR count). The van der Waals surface area contributed by atoms with E-state index in [-0.39, 0.29) is 5.84 Å². The second-order valence-corrected chi connectivity index (χ2v) is 4.93. The Morgan fingerprint density at radius 2 is 2.37 bits per heavy atom. The van der Waals surface area contributed by atoms with Gasteiger partial charge >= 0.3 is 0 Å². The molecular formula is C13H12N4OS. The van der Waals surface area contributed by atoms with Crippen LogP contribution in [0.15, 0.2) is 42.0 Å². The third-order valence-corrected chi connectivity index (χ3v) is 3.45. The SMILES string of the molecule is N=C(N)c1cccc(OCc2cn3ccsc3n2)c1. The lowest BCUT2D eigenvalue weighted by Gasteiger charge is -2.05. The summed E-state index contributed by atoms with van der Waals surface area (Å²) in [6.45, 7) is 0.399. The first-order chi connectivity index (χ1) is 9.22. The van der Waals surface area contributed by atoms with E-state index >= 15 is 0 Å². The Morgan fingerprint density at radius 1 is 1.47 bits per heavy atom. The van der Waals surface area contributed by atoms with Crippen LogP contribution in [0.3, 0.4) is 0 Å². The van der Waals surface area contributed by atoms with E-state index in [1.165, 1.54) is 0 Å². The van der Waals surface area contributed by atoms with Gasteiger partial charge in [0.05, 0.1) is 5.69 Å². The lowest BCUT2D eigenvalue weighted by atomic mass is 10.2. The lowest BCUT2D eigenvalue weighted by Crippen LogP contribution is -2.10. The third kappa shape index (κ3) is 2.43. The molecule has 96 valence electrons. The van der Waals surface area contributed by atoms with Crippen molar-refractivity contribution >= 4 is 22.1 Å². The zero-order chi connectivity index (χ0) is 13.2. The lowest BCUT2D eigenvalue weighted by molar-refractivity contribution is 0.302. The Labute approximate surface area is 113 Å². The molecule has 0 saturated heterocycles. The highest BCUT2D eigenvalue weighted by molar-refractivity contribution is 7.15. The molecule has 0 aliphatic heterocycles. The number of nitrogen functional groups attached to an aromatic ring is 1. The number of hydrogen-bond acceptors (Lipinski definition) is 4. The molecule has 1 aromatic carbocycles. The summed E-state index contributed by atoms with van der Waals surface area (Å²) >= 11 is 1.59. The molecule has 0 radical (unpaired) electrons. The highest BCUT2D eigenvalue weighted by atomic mass is 32.1. The molecule has 3 N–H and O–H groups in total. The van der Waals surface area contributed by atoms with Crippen LogP contribution in [0.1, 0.15) is 11.3 Å². The maximum Gasteiger partial charge on any atom is 0.193 e. The minimum Gasteiger partial charge on any atom is -0.487 e. The molecule has 5 nitrogen and oxygen atoms in total. The molecule has 2 aromatic heterocycles. The van der Waals surface area contributed by atoms with Crippen molar-refractivity contribution in [2.24, 2.45) is 5.73 Å². The van der Waals surface area contributed by atoms with Crippen molar-refractivity contribution in [1.82, 2.24) is 9.38 Å². The molecule has 0 unspecified atom stereocenters. The standard InChI is InChI=1S/C13H12N4OS/c14-12(15)9-2-1-3-11(6-9)18-8-10-7-17-4-5-19-13(17)16-10/h1-7H,8H2,(H3,14,15). The summed E-state index contributed by atoms with van der Waals surface area (Å²) in [7, 11) is 0. The van der Waals surface area contributed by atoms with Crippen molar-refractivity contribution in [3.8, 4) is 5.75 Å². The molecule has 0 spiro atoms. The molecule has 19 heavy (non-hydrogen) atoms. The molecular weight excluding hydrogens is 260 g/mol. The van der Waals surface area contributed by atoms with E-state index in [1.54, 1.807) is 23.5 Å². The number of amidine groups is 1. The fraction of sp³-hybridized carbons (Fsp3) is 0.0769. The average Bonchev–Trinajstić information content (AvgIpc) is 2.97. The van der Waals surface area contributed by atoms with Crippen LogP contribution in [0, 0.1) is 5.41 Å². The second-order valence-electron chi connectivity index (χ2n) is 4.06. The smallest absolute Gasteiger partial charge is 0.193 e. The number of ether oxygens (including phenoxy) is 1. The van der Waals surface area contributed by atoms with E-state index in [1.807, 2.05) is 34.3 Å². The Bertz CT molecular complexity index is 702. The Morgan fingerprint density at radius 3 is 3.16 bits per heavy atom. The molecule has 3 aromatic rings. The maximum absolute atomic E-state index is 7.39. The van der Waals surface area contributed by atoms with E-state index in [4.69, 9.17) is 15.9 Å². The number of nitrogens with zero attached hydrogens (tertiary/aromatic N) is 2. The first-order valence-corrected chi connectivity index (χ1v) is 6.59. The normalized spacial score (nSPS) is 10.7. The van der Waals surface area contributed by atoms with Crippen LogP contribution in [0.5, 0.6) is 5.75 Å². The van der Waals surface area contributed by atoms with Crippen LogP contribution >= 0.6 is 11.3 Å². The number of thiazole rings is 1. The van der Waals surface area contributed by atoms with E-state index in [9.17, 15) is 0 Å². The minimum atomic E-state index is 0.0351. The molecule has 0 aliphatic rings. The molecule has 0 amide bonds. The number of aromatic nitrogens is 2. The van der Waals surface area contributed by atoms with E-state index in [2.05, 4.69) is 4.98 Å². The van der Waals surface area contributed by atoms with Gasteiger partial charge in [-0.25, -0.2) is 4.98 Å². The van der Waals surface area contributed by atoms with Crippen LogP contribution in [-0.2, 0) is 6.61 Å². The van der Waals surface area contributed by atoms with Gasteiger partial charge in [0.1, 0.15) is 18.2 Å². The van der Waals surface area contributed by atoms with Crippen LogP contribution < -0.4 is 10.5 Å². The number of rotatable bonds is 4. The summed E-state index contributed by atoms with van der Waals surface area (Å²) in [5.74, 6) is 0.719. The van der Waals surface area contributed by atoms with Crippen LogP contribution in [0.2, 0.25) is 0 Å². The number of fused-ring (bicyclic) bond motifs is 1. The van der Waals surface area contributed by atoms with Crippen molar-refractivity contribution in [2.75, 3.05) is 0 Å². The quantitative estimate of drug-likeness (QED) is 0.565. The minimum absolute atomic E-state index is 0.0351. The van der Waals surface area contributed by atoms with Crippen molar-refractivity contribution in [3.05, 3.63) is 53.3 Å². The summed E-state index contributed by atoms with van der Waals surface area (Å²) in [5.41, 5.74) is 6.97. The number of hydrogen-bond donors (Lipinski definition) is 2. The van der Waals surface area contributed by atoms with E-state index in [0.29, 0.717) is 17.9 Å². The molecule has 6 heteroatoms. The molecule has 0 fully saturated rings. The Kier molecular flexibility index (Phi) is 2.92. The molecule has 0 atom stereocenters. The van der Waals surface area contributed by atoms with Gasteiger partial charge in [-0.3, -0.25) is 9.81 Å². The number of benzene rings is 1. The number of imidazole rings is 1. The molecule has 2 heterocycles. The van der Waals surface area contributed by atoms with Gasteiger partial charge in [-0.15, -0.1) is 11.3 Å². The molecule has 0 saturated carbocycles. The van der Waals surface area contributed by atoms with Crippen molar-refractivity contribution < 1.29 is 4.74 Å². The van der Waals surface area contributed by atoms with Crippen LogP contribution in [0.4, 0.5) is 0 Å². The third-order valence-electron chi connectivity index (χ3n) is 2.67. The predicted octanol–water partition coefficient (Wildman–Crippen LogP) is 2.26. The monoisotopic (exact) mass is 272 g/mol. The topological polar surface area (TPSA) is 76.4 Å². The van der Waals surface area contributed by atoms with Crippen LogP contribution in [-0.4, -0.2) is 15.2 Å². The highest BCUT2D eigenvalue weighted by Gasteiger charge is 2.04. The zero-order valence-electron chi connectivity index (χ0n) is 10.0. The van der Waals surface area contributed by atoms with Gasteiger partial charge in [-0.05, 0) is 12.1 Å². The zero-order valence-corrected chi connectivity index (χ0v) is 10.9. The van der Waals surface area contributed by atoms with Gasteiger partial charge in [0.2, 0.25) is 0 Å². The van der Waals surface area contributed by atoms with Crippen molar-refractivity contribution in [3.63, 3.8) is 0 Å². The summed E-state index contributed by atoms with van der Waals surface area (Å²) in [6.07, 6.45) is 3.91. The Balaban J connectivity index is 1.73. The predicted molar refractivity (Wildman–Crippen MR) is 74.9 cm³/mol. The molecule has 0 aliphatic carbocycles. The van der Waals surface area contributed by atoms with Gasteiger partial charge in [-0.2, -0.15) is 0 Å². The summed E-state index contributed by atoms with van der Waals surface area (Å²) in [4.78, 5) is 5.39. The fourth-order valence-electron chi connectivity index (χ4n) is 1.76. The number of nitrogens with two attached hydrogens (primary N) is 1. The second kappa shape index (κ2) is 4.74. The Hall–Kier alpha value is -2.34. The first kappa shape index (κ1) is 11.7. The van der Waals surface area contributed by atoms with Gasteiger partial charge < -0.3 is 10.5 Å². The van der Waals surface area contributed by atoms with Crippen LogP contribution in [0.25, 0.3) is 4.96 Å². The van der Waals surface area contributed by atoms with Crippen molar-refractivity contribution in [1.29, 1.82) is 5.41 Å². The summed E-state index contributed by atoms with van der Waals surface area (Å²) in [6, 6.07) is 7.19. The summed E-state index contributed by atoms with van der Waals surface area (Å²) in [5, 5.41) is 9.38.